The van der Waals surface area contributed by atoms with Crippen molar-refractivity contribution < 1.29 is 0 Å². The van der Waals surface area contributed by atoms with E-state index in [2.05, 4.69) is 43.9 Å². The molecule has 25 heavy (non-hydrogen) atoms. The Labute approximate surface area is 158 Å². The molecule has 0 amide bonds. The van der Waals surface area contributed by atoms with Gasteiger partial charge in [0.2, 0.25) is 0 Å². The number of likely N-dealkylation sites (tertiary alicyclic amines) is 1. The second kappa shape index (κ2) is 11.9. The van der Waals surface area contributed by atoms with Gasteiger partial charge in [0.05, 0.1) is 0 Å². The third-order valence-electron chi connectivity index (χ3n) is 6.72. The van der Waals surface area contributed by atoms with Crippen molar-refractivity contribution >= 4 is 0 Å². The normalized spacial score (nSPS) is 27.2. The zero-order valence-corrected chi connectivity index (χ0v) is 17.3. The maximum atomic E-state index is 2.77. The summed E-state index contributed by atoms with van der Waals surface area (Å²) in [6.07, 6.45) is 22.7. The molecule has 1 nitrogen and oxygen atoms in total. The summed E-state index contributed by atoms with van der Waals surface area (Å²) in [4.78, 5) is 2.77. The lowest BCUT2D eigenvalue weighted by Gasteiger charge is -2.25. The molecule has 1 saturated heterocycles. The zero-order valence-electron chi connectivity index (χ0n) is 17.3. The molecule has 1 aliphatic carbocycles. The maximum absolute atomic E-state index is 2.77. The molecule has 1 heteroatoms. The monoisotopic (exact) mass is 345 g/mol. The highest BCUT2D eigenvalue weighted by Gasteiger charge is 2.24. The van der Waals surface area contributed by atoms with Gasteiger partial charge >= 0.3 is 0 Å². The average Bonchev–Trinajstić information content (AvgIpc) is 3.06. The van der Waals surface area contributed by atoms with Gasteiger partial charge in [0, 0.05) is 13.1 Å². The molecule has 1 heterocycles. The molecule has 0 aromatic heterocycles. The van der Waals surface area contributed by atoms with Gasteiger partial charge in [0.15, 0.2) is 0 Å². The van der Waals surface area contributed by atoms with Crippen LogP contribution in [0.1, 0.15) is 91.4 Å². The first-order valence-corrected chi connectivity index (χ1v) is 11.3. The van der Waals surface area contributed by atoms with Crippen LogP contribution in [0.2, 0.25) is 0 Å². The van der Waals surface area contributed by atoms with Crippen LogP contribution in [0.4, 0.5) is 0 Å². The van der Waals surface area contributed by atoms with Crippen LogP contribution in [0.3, 0.4) is 0 Å². The average molecular weight is 346 g/mol. The van der Waals surface area contributed by atoms with E-state index in [1.165, 1.54) is 90.3 Å². The predicted octanol–water partition coefficient (Wildman–Crippen LogP) is 7.00. The number of allylic oxidation sites excluding steroid dienone is 3. The molecular formula is C24H43N. The van der Waals surface area contributed by atoms with Gasteiger partial charge in [0.1, 0.15) is 0 Å². The zero-order chi connectivity index (χ0) is 17.9. The first-order chi connectivity index (χ1) is 12.2. The number of rotatable bonds is 9. The van der Waals surface area contributed by atoms with Crippen LogP contribution in [0.5, 0.6) is 0 Å². The van der Waals surface area contributed by atoms with Crippen molar-refractivity contribution in [2.24, 2.45) is 17.8 Å². The van der Waals surface area contributed by atoms with E-state index in [-0.39, 0.29) is 0 Å². The van der Waals surface area contributed by atoms with E-state index in [0.717, 1.165) is 17.8 Å². The van der Waals surface area contributed by atoms with Gasteiger partial charge < -0.3 is 0 Å². The second-order valence-corrected chi connectivity index (χ2v) is 8.69. The van der Waals surface area contributed by atoms with Crippen molar-refractivity contribution in [2.45, 2.75) is 91.4 Å². The SMILES string of the molecule is C/C=C\C=C(/CC)CN1CCC(CC)CC(CCCC2CCCC2)C1. The number of hydrogen-bond donors (Lipinski definition) is 0. The largest absolute Gasteiger partial charge is 0.299 e. The fraction of sp³-hybridized carbons (Fsp3) is 0.833. The smallest absolute Gasteiger partial charge is 0.0196 e. The Hall–Kier alpha value is -0.560. The van der Waals surface area contributed by atoms with Crippen LogP contribution >= 0.6 is 0 Å². The van der Waals surface area contributed by atoms with Crippen molar-refractivity contribution in [3.8, 4) is 0 Å². The van der Waals surface area contributed by atoms with Crippen molar-refractivity contribution in [1.82, 2.24) is 4.90 Å². The van der Waals surface area contributed by atoms with Gasteiger partial charge in [-0.05, 0) is 56.9 Å². The van der Waals surface area contributed by atoms with Gasteiger partial charge in [-0.1, -0.05) is 82.6 Å². The van der Waals surface area contributed by atoms with E-state index in [1.807, 2.05) is 0 Å². The molecule has 2 unspecified atom stereocenters. The van der Waals surface area contributed by atoms with Crippen LogP contribution in [-0.2, 0) is 0 Å². The minimum atomic E-state index is 0.939. The van der Waals surface area contributed by atoms with E-state index in [9.17, 15) is 0 Å². The Balaban J connectivity index is 1.85. The standard InChI is InChI=1S/C24H43N/c1-4-7-11-22(6-3)19-25-17-16-21(5-2)18-24(20-25)15-10-14-23-12-8-9-13-23/h4,7,11,21,23-24H,5-6,8-10,12-20H2,1-3H3/b7-4-,22-11+. The lowest BCUT2D eigenvalue weighted by atomic mass is 9.87. The molecular weight excluding hydrogens is 302 g/mol. The lowest BCUT2D eigenvalue weighted by Crippen LogP contribution is -2.30. The minimum Gasteiger partial charge on any atom is -0.299 e. The van der Waals surface area contributed by atoms with Crippen LogP contribution < -0.4 is 0 Å². The number of hydrogen-bond acceptors (Lipinski definition) is 1. The van der Waals surface area contributed by atoms with Crippen molar-refractivity contribution in [2.75, 3.05) is 19.6 Å². The molecule has 0 spiro atoms. The summed E-state index contributed by atoms with van der Waals surface area (Å²) in [6, 6.07) is 0. The molecule has 2 aliphatic rings. The van der Waals surface area contributed by atoms with Crippen molar-refractivity contribution in [3.05, 3.63) is 23.8 Å². The third kappa shape index (κ3) is 7.69. The van der Waals surface area contributed by atoms with E-state index < -0.39 is 0 Å². The van der Waals surface area contributed by atoms with Crippen LogP contribution in [0.25, 0.3) is 0 Å². The highest BCUT2D eigenvalue weighted by Crippen LogP contribution is 2.32. The molecule has 1 saturated carbocycles. The molecule has 2 fully saturated rings. The summed E-state index contributed by atoms with van der Waals surface area (Å²) in [5.74, 6) is 2.97. The fourth-order valence-electron chi connectivity index (χ4n) is 5.01. The predicted molar refractivity (Wildman–Crippen MR) is 112 cm³/mol. The molecule has 0 radical (unpaired) electrons. The second-order valence-electron chi connectivity index (χ2n) is 8.69. The minimum absolute atomic E-state index is 0.939. The fourth-order valence-corrected chi connectivity index (χ4v) is 5.01. The molecule has 0 bridgehead atoms. The van der Waals surface area contributed by atoms with Crippen LogP contribution in [-0.4, -0.2) is 24.5 Å². The third-order valence-corrected chi connectivity index (χ3v) is 6.72. The Kier molecular flexibility index (Phi) is 9.91. The summed E-state index contributed by atoms with van der Waals surface area (Å²) < 4.78 is 0. The van der Waals surface area contributed by atoms with E-state index in [4.69, 9.17) is 0 Å². The Morgan fingerprint density at radius 2 is 1.76 bits per heavy atom. The molecule has 2 atom stereocenters. The first-order valence-electron chi connectivity index (χ1n) is 11.3. The molecule has 1 aliphatic heterocycles. The first kappa shape index (κ1) is 20.7. The van der Waals surface area contributed by atoms with E-state index >= 15 is 0 Å². The van der Waals surface area contributed by atoms with Crippen molar-refractivity contribution in [3.63, 3.8) is 0 Å². The highest BCUT2D eigenvalue weighted by molar-refractivity contribution is 5.13. The molecule has 0 aromatic carbocycles. The summed E-state index contributed by atoms with van der Waals surface area (Å²) in [5.41, 5.74) is 1.60. The van der Waals surface area contributed by atoms with Gasteiger partial charge in [-0.25, -0.2) is 0 Å². The Morgan fingerprint density at radius 3 is 2.44 bits per heavy atom. The van der Waals surface area contributed by atoms with Gasteiger partial charge in [0.25, 0.3) is 0 Å². The number of nitrogens with zero attached hydrogens (tertiary/aromatic N) is 1. The van der Waals surface area contributed by atoms with Crippen molar-refractivity contribution in [1.29, 1.82) is 0 Å². The van der Waals surface area contributed by atoms with Crippen LogP contribution in [0.15, 0.2) is 23.8 Å². The van der Waals surface area contributed by atoms with Gasteiger partial charge in [-0.2, -0.15) is 0 Å². The molecule has 144 valence electrons. The lowest BCUT2D eigenvalue weighted by molar-refractivity contribution is 0.252. The van der Waals surface area contributed by atoms with Gasteiger partial charge in [-0.15, -0.1) is 0 Å². The Morgan fingerprint density at radius 1 is 1.00 bits per heavy atom. The van der Waals surface area contributed by atoms with Crippen LogP contribution in [0, 0.1) is 17.8 Å². The summed E-state index contributed by atoms with van der Waals surface area (Å²) in [5, 5.41) is 0. The summed E-state index contributed by atoms with van der Waals surface area (Å²) >= 11 is 0. The van der Waals surface area contributed by atoms with Gasteiger partial charge in [-0.3, -0.25) is 4.90 Å². The maximum Gasteiger partial charge on any atom is 0.0196 e. The summed E-state index contributed by atoms with van der Waals surface area (Å²) in [7, 11) is 0. The molecule has 0 N–H and O–H groups in total. The van der Waals surface area contributed by atoms with E-state index in [0.29, 0.717) is 0 Å². The molecule has 2 rings (SSSR count). The highest BCUT2D eigenvalue weighted by atomic mass is 15.1. The quantitative estimate of drug-likeness (QED) is 0.407. The summed E-state index contributed by atoms with van der Waals surface area (Å²) in [6.45, 7) is 10.7. The molecule has 0 aromatic rings. The topological polar surface area (TPSA) is 3.24 Å². The van der Waals surface area contributed by atoms with E-state index in [1.54, 1.807) is 5.57 Å². The Bertz CT molecular complexity index is 402.